The van der Waals surface area contributed by atoms with Crippen LogP contribution in [-0.2, 0) is 11.3 Å². The molecule has 152 valence electrons. The van der Waals surface area contributed by atoms with Gasteiger partial charge in [-0.05, 0) is 37.5 Å². The number of guanidine groups is 1. The molecule has 3 rings (SSSR count). The third kappa shape index (κ3) is 7.23. The molecule has 1 aromatic carbocycles. The highest BCUT2D eigenvalue weighted by atomic mass is 127. The molecule has 0 aliphatic carbocycles. The zero-order chi connectivity index (χ0) is 18.9. The van der Waals surface area contributed by atoms with Gasteiger partial charge in [0.25, 0.3) is 0 Å². The normalized spacial score (nSPS) is 16.4. The zero-order valence-corrected chi connectivity index (χ0v) is 18.2. The monoisotopic (exact) mass is 500 g/mol. The van der Waals surface area contributed by atoms with Gasteiger partial charge in [0.15, 0.2) is 5.96 Å². The molecule has 0 radical (unpaired) electrons. The quantitative estimate of drug-likeness (QED) is 0.344. The lowest BCUT2D eigenvalue weighted by molar-refractivity contribution is 0.114. The summed E-state index contributed by atoms with van der Waals surface area (Å²) in [7, 11) is 0. The maximum atomic E-state index is 13.2. The summed E-state index contributed by atoms with van der Waals surface area (Å²) in [5.74, 6) is 1.25. The molecule has 2 N–H and O–H groups in total. The zero-order valence-electron chi connectivity index (χ0n) is 15.9. The first-order chi connectivity index (χ1) is 13.2. The Hall–Kier alpha value is -1.94. The van der Waals surface area contributed by atoms with Gasteiger partial charge < -0.3 is 20.1 Å². The predicted molar refractivity (Wildman–Crippen MR) is 118 cm³/mol. The largest absolute Gasteiger partial charge is 0.439 e. The van der Waals surface area contributed by atoms with Crippen LogP contribution in [0.4, 0.5) is 4.39 Å². The number of halogens is 2. The van der Waals surface area contributed by atoms with Crippen molar-refractivity contribution >= 4 is 29.9 Å². The van der Waals surface area contributed by atoms with Crippen LogP contribution in [0.2, 0.25) is 0 Å². The van der Waals surface area contributed by atoms with Crippen LogP contribution < -0.4 is 15.4 Å². The van der Waals surface area contributed by atoms with Gasteiger partial charge in [-0.25, -0.2) is 14.4 Å². The van der Waals surface area contributed by atoms with E-state index in [1.165, 1.54) is 12.1 Å². The number of hydrogen-bond acceptors (Lipinski definition) is 4. The molecule has 1 aliphatic rings. The molecular formula is C20H26FIN4O2. The van der Waals surface area contributed by atoms with E-state index in [9.17, 15) is 4.39 Å². The Balaban J connectivity index is 0.00000280. The fourth-order valence-corrected chi connectivity index (χ4v) is 2.74. The van der Waals surface area contributed by atoms with Crippen molar-refractivity contribution in [2.75, 3.05) is 19.7 Å². The number of aliphatic imine (C=N–C) groups is 1. The Morgan fingerprint density at radius 2 is 2.21 bits per heavy atom. The number of ether oxygens (including phenoxy) is 2. The lowest BCUT2D eigenvalue weighted by Gasteiger charge is -2.14. The fourth-order valence-electron chi connectivity index (χ4n) is 2.74. The molecule has 8 heteroatoms. The van der Waals surface area contributed by atoms with Crippen molar-refractivity contribution in [1.29, 1.82) is 0 Å². The number of pyridine rings is 1. The molecule has 2 aromatic rings. The maximum absolute atomic E-state index is 13.2. The predicted octanol–water partition coefficient (Wildman–Crippen LogP) is 3.87. The summed E-state index contributed by atoms with van der Waals surface area (Å²) in [6.45, 7) is 4.91. The Morgan fingerprint density at radius 1 is 1.32 bits per heavy atom. The van der Waals surface area contributed by atoms with Crippen LogP contribution >= 0.6 is 24.0 Å². The minimum Gasteiger partial charge on any atom is -0.439 e. The van der Waals surface area contributed by atoms with Gasteiger partial charge in [-0.15, -0.1) is 24.0 Å². The van der Waals surface area contributed by atoms with Gasteiger partial charge in [0, 0.05) is 38.0 Å². The second kappa shape index (κ2) is 11.8. The van der Waals surface area contributed by atoms with E-state index in [2.05, 4.69) is 20.6 Å². The van der Waals surface area contributed by atoms with Gasteiger partial charge in [0.1, 0.15) is 11.6 Å². The van der Waals surface area contributed by atoms with E-state index in [-0.39, 0.29) is 35.9 Å². The van der Waals surface area contributed by atoms with E-state index in [1.807, 2.05) is 13.0 Å². The van der Waals surface area contributed by atoms with Crippen LogP contribution in [0.25, 0.3) is 0 Å². The number of aromatic nitrogens is 1. The minimum absolute atomic E-state index is 0. The SMILES string of the molecule is CCNC(=NCc1ccc(Oc2cccc(F)c2)nc1)NCC1CCCO1.I. The van der Waals surface area contributed by atoms with Crippen molar-refractivity contribution in [1.82, 2.24) is 15.6 Å². The molecule has 1 fully saturated rings. The van der Waals surface area contributed by atoms with Crippen molar-refractivity contribution in [2.45, 2.75) is 32.4 Å². The van der Waals surface area contributed by atoms with E-state index in [0.29, 0.717) is 18.2 Å². The smallest absolute Gasteiger partial charge is 0.219 e. The lowest BCUT2D eigenvalue weighted by Crippen LogP contribution is -2.41. The van der Waals surface area contributed by atoms with Crippen molar-refractivity contribution in [3.8, 4) is 11.6 Å². The Kier molecular flexibility index (Phi) is 9.42. The molecule has 6 nitrogen and oxygen atoms in total. The van der Waals surface area contributed by atoms with Gasteiger partial charge in [-0.3, -0.25) is 0 Å². The van der Waals surface area contributed by atoms with Crippen LogP contribution in [0.5, 0.6) is 11.6 Å². The standard InChI is InChI=1S/C20H25FN4O2.HI/c1-2-22-20(25-14-18-7-4-10-26-18)24-13-15-8-9-19(23-12-15)27-17-6-3-5-16(21)11-17;/h3,5-6,8-9,11-12,18H,2,4,7,10,13-14H2,1H3,(H2,22,24,25);1H. The average molecular weight is 500 g/mol. The Bertz CT molecular complexity index is 752. The van der Waals surface area contributed by atoms with Crippen molar-refractivity contribution in [3.63, 3.8) is 0 Å². The van der Waals surface area contributed by atoms with E-state index >= 15 is 0 Å². The summed E-state index contributed by atoms with van der Waals surface area (Å²) >= 11 is 0. The Labute approximate surface area is 182 Å². The molecule has 0 bridgehead atoms. The minimum atomic E-state index is -0.343. The Morgan fingerprint density at radius 3 is 2.89 bits per heavy atom. The first kappa shape index (κ1) is 22.4. The van der Waals surface area contributed by atoms with Crippen LogP contribution in [0.15, 0.2) is 47.6 Å². The molecule has 1 saturated heterocycles. The average Bonchev–Trinajstić information content (AvgIpc) is 3.19. The first-order valence-corrected chi connectivity index (χ1v) is 9.25. The summed E-state index contributed by atoms with van der Waals surface area (Å²) in [4.78, 5) is 8.84. The molecule has 28 heavy (non-hydrogen) atoms. The van der Waals surface area contributed by atoms with E-state index < -0.39 is 0 Å². The van der Waals surface area contributed by atoms with Crippen LogP contribution in [0, 0.1) is 5.82 Å². The highest BCUT2D eigenvalue weighted by molar-refractivity contribution is 14.0. The van der Waals surface area contributed by atoms with Gasteiger partial charge in [0.05, 0.1) is 12.6 Å². The fraction of sp³-hybridized carbons (Fsp3) is 0.400. The van der Waals surface area contributed by atoms with E-state index in [0.717, 1.165) is 44.1 Å². The number of nitrogens with one attached hydrogen (secondary N) is 2. The summed E-state index contributed by atoms with van der Waals surface area (Å²) in [6.07, 6.45) is 4.18. The number of rotatable bonds is 7. The number of nitrogens with zero attached hydrogens (tertiary/aromatic N) is 2. The summed E-state index contributed by atoms with van der Waals surface area (Å²) in [5, 5.41) is 6.54. The van der Waals surface area contributed by atoms with Crippen LogP contribution in [-0.4, -0.2) is 36.7 Å². The second-order valence-electron chi connectivity index (χ2n) is 6.28. The molecule has 1 atom stereocenters. The van der Waals surface area contributed by atoms with Crippen molar-refractivity contribution in [2.24, 2.45) is 4.99 Å². The molecule has 0 amide bonds. The maximum Gasteiger partial charge on any atom is 0.219 e. The van der Waals surface area contributed by atoms with Crippen molar-refractivity contribution in [3.05, 3.63) is 54.0 Å². The van der Waals surface area contributed by atoms with Gasteiger partial charge in [0.2, 0.25) is 5.88 Å². The summed E-state index contributed by atoms with van der Waals surface area (Å²) in [5.41, 5.74) is 0.955. The molecule has 1 aromatic heterocycles. The first-order valence-electron chi connectivity index (χ1n) is 9.25. The second-order valence-corrected chi connectivity index (χ2v) is 6.28. The van der Waals surface area contributed by atoms with Crippen molar-refractivity contribution < 1.29 is 13.9 Å². The van der Waals surface area contributed by atoms with Crippen LogP contribution in [0.3, 0.4) is 0 Å². The topological polar surface area (TPSA) is 67.8 Å². The molecule has 1 unspecified atom stereocenters. The molecule has 1 aliphatic heterocycles. The number of benzene rings is 1. The summed E-state index contributed by atoms with van der Waals surface area (Å²) < 4.78 is 24.4. The third-order valence-corrected chi connectivity index (χ3v) is 4.10. The number of hydrogen-bond donors (Lipinski definition) is 2. The van der Waals surface area contributed by atoms with Gasteiger partial charge >= 0.3 is 0 Å². The van der Waals surface area contributed by atoms with Gasteiger partial charge in [-0.1, -0.05) is 12.1 Å². The lowest BCUT2D eigenvalue weighted by atomic mass is 10.2. The summed E-state index contributed by atoms with van der Waals surface area (Å²) in [6, 6.07) is 9.63. The van der Waals surface area contributed by atoms with Crippen LogP contribution in [0.1, 0.15) is 25.3 Å². The highest BCUT2D eigenvalue weighted by Gasteiger charge is 2.15. The molecular weight excluding hydrogens is 474 g/mol. The highest BCUT2D eigenvalue weighted by Crippen LogP contribution is 2.20. The molecule has 2 heterocycles. The molecule has 0 saturated carbocycles. The van der Waals surface area contributed by atoms with Gasteiger partial charge in [-0.2, -0.15) is 0 Å². The van der Waals surface area contributed by atoms with E-state index in [1.54, 1.807) is 24.4 Å². The third-order valence-electron chi connectivity index (χ3n) is 4.10. The molecule has 0 spiro atoms. The van der Waals surface area contributed by atoms with E-state index in [4.69, 9.17) is 9.47 Å².